The number of halogens is 1. The van der Waals surface area contributed by atoms with E-state index in [2.05, 4.69) is 5.32 Å². The van der Waals surface area contributed by atoms with E-state index in [0.717, 1.165) is 43.3 Å². The Morgan fingerprint density at radius 3 is 2.53 bits per heavy atom. The standard InChI is InChI=1S/C28H29ClN2O3/c29-21-7-8-23-24(12-21)31(22-4-2-1-3-5-22)16-18(27(23)33)6-9-25(32)30-26-19-10-17-11-20(26)15-28(34,13-17)14-19/h1-5,7-8,12,16-17,19-20,26,34H,6,9-11,13-15H2,(H,30,32)/t17?,19-,20+,26?,28?. The number of aryl methyl sites for hydroxylation is 1. The second-order valence-electron chi connectivity index (χ2n) is 10.6. The van der Waals surface area contributed by atoms with Gasteiger partial charge in [-0.05, 0) is 86.6 Å². The van der Waals surface area contributed by atoms with E-state index in [1.54, 1.807) is 12.1 Å². The van der Waals surface area contributed by atoms with E-state index in [1.807, 2.05) is 47.2 Å². The van der Waals surface area contributed by atoms with Crippen molar-refractivity contribution in [2.75, 3.05) is 0 Å². The smallest absolute Gasteiger partial charge is 0.220 e. The minimum absolute atomic E-state index is 0.00803. The largest absolute Gasteiger partial charge is 0.390 e. The molecule has 5 atom stereocenters. The van der Waals surface area contributed by atoms with Crippen molar-refractivity contribution in [2.24, 2.45) is 17.8 Å². The molecular formula is C28H29ClN2O3. The number of hydrogen-bond acceptors (Lipinski definition) is 3. The van der Waals surface area contributed by atoms with Crippen LogP contribution in [0.25, 0.3) is 16.6 Å². The minimum atomic E-state index is -0.506. The van der Waals surface area contributed by atoms with E-state index in [-0.39, 0.29) is 23.8 Å². The average Bonchev–Trinajstić information content (AvgIpc) is 2.80. The number of aromatic nitrogens is 1. The number of aliphatic hydroxyl groups is 1. The van der Waals surface area contributed by atoms with Crippen molar-refractivity contribution in [1.82, 2.24) is 9.88 Å². The number of nitrogens with one attached hydrogen (secondary N) is 1. The third kappa shape index (κ3) is 3.85. The first-order chi connectivity index (χ1) is 16.4. The first-order valence-corrected chi connectivity index (χ1v) is 12.7. The number of para-hydroxylation sites is 1. The van der Waals surface area contributed by atoms with Crippen LogP contribution in [0.1, 0.15) is 44.1 Å². The number of benzene rings is 2. The van der Waals surface area contributed by atoms with Gasteiger partial charge in [0.05, 0.1) is 11.1 Å². The lowest BCUT2D eigenvalue weighted by atomic mass is 9.52. The zero-order chi connectivity index (χ0) is 23.4. The van der Waals surface area contributed by atoms with E-state index in [0.29, 0.717) is 40.1 Å². The highest BCUT2D eigenvalue weighted by Gasteiger charge is 2.54. The van der Waals surface area contributed by atoms with Crippen LogP contribution in [-0.2, 0) is 11.2 Å². The Labute approximate surface area is 203 Å². The number of pyridine rings is 1. The predicted octanol–water partition coefficient (Wildman–Crippen LogP) is 4.63. The summed E-state index contributed by atoms with van der Waals surface area (Å²) in [5.74, 6) is 1.35. The van der Waals surface area contributed by atoms with Crippen molar-refractivity contribution in [3.8, 4) is 5.69 Å². The van der Waals surface area contributed by atoms with Gasteiger partial charge in [0, 0.05) is 40.3 Å². The molecule has 34 heavy (non-hydrogen) atoms. The van der Waals surface area contributed by atoms with Crippen molar-refractivity contribution < 1.29 is 9.90 Å². The van der Waals surface area contributed by atoms with Crippen LogP contribution in [0.4, 0.5) is 0 Å². The van der Waals surface area contributed by atoms with Gasteiger partial charge in [-0.1, -0.05) is 29.8 Å². The number of hydrogen-bond donors (Lipinski definition) is 2. The van der Waals surface area contributed by atoms with Crippen molar-refractivity contribution >= 4 is 28.4 Å². The summed E-state index contributed by atoms with van der Waals surface area (Å²) in [6.45, 7) is 0. The summed E-state index contributed by atoms with van der Waals surface area (Å²) in [6.07, 6.45) is 7.26. The molecule has 4 bridgehead atoms. The maximum Gasteiger partial charge on any atom is 0.220 e. The first-order valence-electron chi connectivity index (χ1n) is 12.3. The van der Waals surface area contributed by atoms with Crippen LogP contribution in [0.15, 0.2) is 59.5 Å². The first kappa shape index (κ1) is 21.9. The van der Waals surface area contributed by atoms with E-state index >= 15 is 0 Å². The number of fused-ring (bicyclic) bond motifs is 1. The van der Waals surface area contributed by atoms with Crippen LogP contribution < -0.4 is 10.7 Å². The summed E-state index contributed by atoms with van der Waals surface area (Å²) in [7, 11) is 0. The van der Waals surface area contributed by atoms with Gasteiger partial charge in [-0.25, -0.2) is 0 Å². The summed E-state index contributed by atoms with van der Waals surface area (Å²) in [5, 5.41) is 15.3. The summed E-state index contributed by atoms with van der Waals surface area (Å²) in [5.41, 5.74) is 1.75. The monoisotopic (exact) mass is 476 g/mol. The molecule has 2 aromatic carbocycles. The molecule has 4 fully saturated rings. The second-order valence-corrected chi connectivity index (χ2v) is 11.1. The lowest BCUT2D eigenvalue weighted by Crippen LogP contribution is -2.61. The third-order valence-electron chi connectivity index (χ3n) is 8.26. The molecule has 0 radical (unpaired) electrons. The number of rotatable bonds is 5. The fourth-order valence-electron chi connectivity index (χ4n) is 7.06. The fourth-order valence-corrected chi connectivity index (χ4v) is 7.22. The zero-order valence-corrected chi connectivity index (χ0v) is 19.8. The Morgan fingerprint density at radius 1 is 1.09 bits per heavy atom. The predicted molar refractivity (Wildman–Crippen MR) is 133 cm³/mol. The van der Waals surface area contributed by atoms with Crippen LogP contribution in [0, 0.1) is 17.8 Å². The molecular weight excluding hydrogens is 448 g/mol. The van der Waals surface area contributed by atoms with E-state index in [9.17, 15) is 14.7 Å². The molecule has 3 unspecified atom stereocenters. The molecule has 176 valence electrons. The molecule has 0 spiro atoms. The molecule has 4 aliphatic carbocycles. The molecule has 7 rings (SSSR count). The zero-order valence-electron chi connectivity index (χ0n) is 19.0. The molecule has 3 aromatic rings. The molecule has 2 N–H and O–H groups in total. The fraction of sp³-hybridized carbons (Fsp3) is 0.429. The molecule has 1 amide bonds. The third-order valence-corrected chi connectivity index (χ3v) is 8.50. The Hall–Kier alpha value is -2.63. The number of carbonyl (C=O) groups is 1. The SMILES string of the molecule is O=C(CCc1cn(-c2ccccc2)c2cc(Cl)ccc2c1=O)NC1[C@@H]2CC3C[C@H]1CC(O)(C3)C2. The molecule has 4 aliphatic rings. The van der Waals surface area contributed by atoms with Crippen LogP contribution in [0.3, 0.4) is 0 Å². The van der Waals surface area contributed by atoms with E-state index < -0.39 is 5.60 Å². The van der Waals surface area contributed by atoms with Gasteiger partial charge in [0.25, 0.3) is 0 Å². The molecule has 5 nitrogen and oxygen atoms in total. The molecule has 1 heterocycles. The van der Waals surface area contributed by atoms with Gasteiger partial charge in [-0.2, -0.15) is 0 Å². The van der Waals surface area contributed by atoms with Crippen LogP contribution >= 0.6 is 11.6 Å². The summed E-state index contributed by atoms with van der Waals surface area (Å²) in [4.78, 5) is 26.2. The van der Waals surface area contributed by atoms with Gasteiger partial charge in [0.2, 0.25) is 5.91 Å². The van der Waals surface area contributed by atoms with Gasteiger partial charge in [0.15, 0.2) is 5.43 Å². The molecule has 0 saturated heterocycles. The highest BCUT2D eigenvalue weighted by atomic mass is 35.5. The van der Waals surface area contributed by atoms with E-state index in [4.69, 9.17) is 11.6 Å². The average molecular weight is 477 g/mol. The minimum Gasteiger partial charge on any atom is -0.390 e. The van der Waals surface area contributed by atoms with Gasteiger partial charge >= 0.3 is 0 Å². The van der Waals surface area contributed by atoms with Gasteiger partial charge in [-0.3, -0.25) is 9.59 Å². The molecule has 1 aromatic heterocycles. The molecule has 6 heteroatoms. The van der Waals surface area contributed by atoms with Crippen molar-refractivity contribution in [3.05, 3.63) is 75.5 Å². The van der Waals surface area contributed by atoms with Crippen LogP contribution in [-0.4, -0.2) is 27.2 Å². The summed E-state index contributed by atoms with van der Waals surface area (Å²) < 4.78 is 1.98. The lowest BCUT2D eigenvalue weighted by Gasteiger charge is -2.58. The van der Waals surface area contributed by atoms with Crippen LogP contribution in [0.2, 0.25) is 5.02 Å². The molecule has 4 saturated carbocycles. The normalized spacial score (nSPS) is 29.5. The van der Waals surface area contributed by atoms with E-state index in [1.165, 1.54) is 0 Å². The van der Waals surface area contributed by atoms with Crippen LogP contribution in [0.5, 0.6) is 0 Å². The van der Waals surface area contributed by atoms with Crippen molar-refractivity contribution in [1.29, 1.82) is 0 Å². The van der Waals surface area contributed by atoms with Gasteiger partial charge in [0.1, 0.15) is 0 Å². The Morgan fingerprint density at radius 2 is 1.82 bits per heavy atom. The number of carbonyl (C=O) groups excluding carboxylic acids is 1. The maximum absolute atomic E-state index is 13.2. The maximum atomic E-state index is 13.2. The highest BCUT2D eigenvalue weighted by molar-refractivity contribution is 6.31. The van der Waals surface area contributed by atoms with Gasteiger partial charge < -0.3 is 15.0 Å². The summed E-state index contributed by atoms with van der Waals surface area (Å²) >= 11 is 6.24. The Bertz CT molecular complexity index is 1300. The highest BCUT2D eigenvalue weighted by Crippen LogP contribution is 2.55. The Balaban J connectivity index is 1.23. The van der Waals surface area contributed by atoms with Gasteiger partial charge in [-0.15, -0.1) is 0 Å². The number of nitrogens with zero attached hydrogens (tertiary/aromatic N) is 1. The lowest BCUT2D eigenvalue weighted by molar-refractivity contribution is -0.146. The van der Waals surface area contributed by atoms with Crippen molar-refractivity contribution in [3.63, 3.8) is 0 Å². The molecule has 0 aliphatic heterocycles. The topological polar surface area (TPSA) is 71.3 Å². The number of amides is 1. The summed E-state index contributed by atoms with van der Waals surface area (Å²) in [6, 6.07) is 15.3. The second kappa shape index (κ2) is 8.24. The quantitative estimate of drug-likeness (QED) is 0.564. The Kier molecular flexibility index (Phi) is 5.30. The van der Waals surface area contributed by atoms with Crippen molar-refractivity contribution in [2.45, 2.75) is 56.6 Å².